The number of benzene rings is 2. The van der Waals surface area contributed by atoms with E-state index in [0.29, 0.717) is 11.3 Å². The number of hydrogen-bond acceptors (Lipinski definition) is 3. The van der Waals surface area contributed by atoms with Gasteiger partial charge in [-0.05, 0) is 42.5 Å². The summed E-state index contributed by atoms with van der Waals surface area (Å²) in [5, 5.41) is 14.1. The van der Waals surface area contributed by atoms with Crippen molar-refractivity contribution in [1.29, 1.82) is 5.26 Å². The van der Waals surface area contributed by atoms with Gasteiger partial charge < -0.3 is 5.32 Å². The molecule has 3 heterocycles. The summed E-state index contributed by atoms with van der Waals surface area (Å²) in [6, 6.07) is 22.7. The summed E-state index contributed by atoms with van der Waals surface area (Å²) in [5.74, 6) is 0.487. The van der Waals surface area contributed by atoms with Gasteiger partial charge in [-0.25, -0.2) is 4.98 Å². The number of aromatic nitrogens is 3. The molecule has 0 bridgehead atoms. The largest absolute Gasteiger partial charge is 0.318 e. The molecule has 30 heavy (non-hydrogen) atoms. The number of nitriles is 1. The van der Waals surface area contributed by atoms with Crippen molar-refractivity contribution in [3.63, 3.8) is 0 Å². The lowest BCUT2D eigenvalue weighted by Gasteiger charge is -2.06. The third-order valence-electron chi connectivity index (χ3n) is 5.02. The number of H-pyrrole nitrogens is 1. The van der Waals surface area contributed by atoms with Crippen molar-refractivity contribution in [2.75, 3.05) is 5.32 Å². The topological polar surface area (TPSA) is 85.7 Å². The van der Waals surface area contributed by atoms with E-state index in [1.165, 1.54) is 0 Å². The summed E-state index contributed by atoms with van der Waals surface area (Å²) in [6.45, 7) is 0. The number of hydrogen-bond donors (Lipinski definition) is 2. The van der Waals surface area contributed by atoms with Gasteiger partial charge in [-0.1, -0.05) is 24.3 Å². The number of nitrogens with zero attached hydrogens (tertiary/aromatic N) is 3. The number of fused-ring (bicyclic) bond motifs is 2. The second kappa shape index (κ2) is 7.15. The molecular weight excluding hydrogens is 374 g/mol. The van der Waals surface area contributed by atoms with Crippen molar-refractivity contribution in [3.8, 4) is 17.5 Å². The predicted molar refractivity (Wildman–Crippen MR) is 114 cm³/mol. The van der Waals surface area contributed by atoms with Crippen LogP contribution in [0.1, 0.15) is 16.1 Å². The zero-order valence-corrected chi connectivity index (χ0v) is 15.8. The van der Waals surface area contributed by atoms with E-state index in [1.54, 1.807) is 24.5 Å². The highest BCUT2D eigenvalue weighted by atomic mass is 16.1. The minimum atomic E-state index is -0.245. The van der Waals surface area contributed by atoms with E-state index in [9.17, 15) is 10.1 Å². The normalized spacial score (nSPS) is 10.8. The van der Waals surface area contributed by atoms with Crippen LogP contribution in [0.2, 0.25) is 0 Å². The molecule has 2 N–H and O–H groups in total. The molecule has 0 atom stereocenters. The molecule has 0 spiro atoms. The van der Waals surface area contributed by atoms with E-state index in [4.69, 9.17) is 0 Å². The smallest absolute Gasteiger partial charge is 0.300 e. The van der Waals surface area contributed by atoms with Gasteiger partial charge in [-0.15, -0.1) is 0 Å². The molecule has 142 valence electrons. The van der Waals surface area contributed by atoms with Crippen LogP contribution in [0.25, 0.3) is 27.7 Å². The number of aromatic amines is 1. The Kier molecular flexibility index (Phi) is 4.19. The maximum Gasteiger partial charge on any atom is 0.300 e. The molecule has 6 heteroatoms. The van der Waals surface area contributed by atoms with Crippen LogP contribution in [0.4, 0.5) is 5.69 Å². The summed E-state index contributed by atoms with van der Waals surface area (Å²) in [4.78, 5) is 20.6. The first-order valence-corrected chi connectivity index (χ1v) is 9.41. The predicted octanol–water partition coefficient (Wildman–Crippen LogP) is 4.09. The molecule has 3 aromatic heterocycles. The number of nitrogens with one attached hydrogen (secondary N) is 2. The molecule has 0 fully saturated rings. The Labute approximate surface area is 172 Å². The average Bonchev–Trinajstić information content (AvgIpc) is 3.19. The molecule has 5 aromatic rings. The molecule has 0 unspecified atom stereocenters. The van der Waals surface area contributed by atoms with Crippen LogP contribution in [-0.2, 0) is 0 Å². The Morgan fingerprint density at radius 2 is 1.97 bits per heavy atom. The minimum absolute atomic E-state index is 0.245. The van der Waals surface area contributed by atoms with Crippen LogP contribution < -0.4 is 9.72 Å². The highest BCUT2D eigenvalue weighted by Crippen LogP contribution is 2.24. The van der Waals surface area contributed by atoms with E-state index in [0.717, 1.165) is 33.4 Å². The van der Waals surface area contributed by atoms with Gasteiger partial charge in [0.05, 0.1) is 23.4 Å². The Morgan fingerprint density at radius 3 is 2.87 bits per heavy atom. The van der Waals surface area contributed by atoms with Gasteiger partial charge >= 0.3 is 0 Å². The van der Waals surface area contributed by atoms with Crippen LogP contribution in [0.5, 0.6) is 0 Å². The molecule has 6 nitrogen and oxygen atoms in total. The molecule has 0 aliphatic heterocycles. The lowest BCUT2D eigenvalue weighted by Crippen LogP contribution is -2.22. The third-order valence-corrected chi connectivity index (χ3v) is 5.02. The first-order valence-electron chi connectivity index (χ1n) is 9.41. The molecule has 0 aliphatic carbocycles. The van der Waals surface area contributed by atoms with Crippen LogP contribution >= 0.6 is 0 Å². The van der Waals surface area contributed by atoms with Gasteiger partial charge in [0.25, 0.3) is 11.7 Å². The van der Waals surface area contributed by atoms with Gasteiger partial charge in [-0.2, -0.15) is 9.66 Å². The van der Waals surface area contributed by atoms with Crippen molar-refractivity contribution in [2.24, 2.45) is 0 Å². The number of rotatable bonds is 3. The fraction of sp³-hybridized carbons (Fsp3) is 0. The van der Waals surface area contributed by atoms with Gasteiger partial charge in [0.2, 0.25) is 5.69 Å². The van der Waals surface area contributed by atoms with Crippen molar-refractivity contribution < 1.29 is 9.20 Å². The molecule has 0 saturated heterocycles. The Balaban J connectivity index is 1.61. The maximum atomic E-state index is 13.2. The van der Waals surface area contributed by atoms with E-state index in [2.05, 4.69) is 21.4 Å². The number of anilines is 1. The summed E-state index contributed by atoms with van der Waals surface area (Å²) in [6.07, 6.45) is 5.36. The van der Waals surface area contributed by atoms with E-state index in [-0.39, 0.29) is 5.91 Å². The summed E-state index contributed by atoms with van der Waals surface area (Å²) < 4.78 is 1.92. The van der Waals surface area contributed by atoms with Gasteiger partial charge in [0, 0.05) is 28.9 Å². The Morgan fingerprint density at radius 1 is 1.07 bits per heavy atom. The third kappa shape index (κ3) is 2.95. The van der Waals surface area contributed by atoms with Crippen molar-refractivity contribution in [2.45, 2.75) is 0 Å². The highest BCUT2D eigenvalue weighted by Gasteiger charge is 2.25. The molecule has 0 aliphatic rings. The second-order valence-corrected chi connectivity index (χ2v) is 6.85. The molecule has 1 amide bonds. The molecule has 2 aromatic carbocycles. The van der Waals surface area contributed by atoms with Gasteiger partial charge in [0.15, 0.2) is 5.52 Å². The fourth-order valence-electron chi connectivity index (χ4n) is 3.62. The summed E-state index contributed by atoms with van der Waals surface area (Å²) in [5.41, 5.74) is 3.29. The molecular formula is C24H16N5O+. The minimum Gasteiger partial charge on any atom is -0.318 e. The van der Waals surface area contributed by atoms with Gasteiger partial charge in [0.1, 0.15) is 0 Å². The highest BCUT2D eigenvalue weighted by molar-refractivity contribution is 6.11. The second-order valence-electron chi connectivity index (χ2n) is 6.85. The number of carbonyl (C=O) groups excluding carboxylic acids is 1. The van der Waals surface area contributed by atoms with E-state index >= 15 is 0 Å². The number of imidazole rings is 1. The quantitative estimate of drug-likeness (QED) is 0.455. The molecule has 0 radical (unpaired) electrons. The Hall–Kier alpha value is -4.50. The van der Waals surface area contributed by atoms with Crippen LogP contribution in [0, 0.1) is 11.3 Å². The van der Waals surface area contributed by atoms with Crippen molar-refractivity contribution in [1.82, 2.24) is 9.97 Å². The SMILES string of the molecule is N#Cc1cccc(-c2[nH]c(C(=O)Nc3cccc4cnccc34)c3cccc[n+]23)c1. The monoisotopic (exact) mass is 390 g/mol. The zero-order chi connectivity index (χ0) is 20.5. The first-order chi connectivity index (χ1) is 14.7. The van der Waals surface area contributed by atoms with E-state index < -0.39 is 0 Å². The molecule has 0 saturated carbocycles. The lowest BCUT2D eigenvalue weighted by molar-refractivity contribution is -0.498. The maximum absolute atomic E-state index is 13.2. The van der Waals surface area contributed by atoms with Crippen LogP contribution in [0.3, 0.4) is 0 Å². The van der Waals surface area contributed by atoms with Crippen LogP contribution in [0.15, 0.2) is 85.3 Å². The standard InChI is InChI=1S/C24H15N5O/c25-14-16-5-3-6-17(13-16)23-28-22(21-9-1-2-12-29(21)23)24(30)27-20-8-4-7-18-15-26-11-10-19(18)20/h1-13,15H,(H,27,30)/p+1. The lowest BCUT2D eigenvalue weighted by atomic mass is 10.1. The van der Waals surface area contributed by atoms with Crippen LogP contribution in [-0.4, -0.2) is 15.9 Å². The fourth-order valence-corrected chi connectivity index (χ4v) is 3.62. The van der Waals surface area contributed by atoms with Crippen molar-refractivity contribution in [3.05, 3.63) is 96.6 Å². The summed E-state index contributed by atoms with van der Waals surface area (Å²) >= 11 is 0. The Bertz CT molecular complexity index is 1460. The zero-order valence-electron chi connectivity index (χ0n) is 15.8. The number of carbonyl (C=O) groups is 1. The van der Waals surface area contributed by atoms with E-state index in [1.807, 2.05) is 65.2 Å². The average molecular weight is 390 g/mol. The van der Waals surface area contributed by atoms with Gasteiger partial charge in [-0.3, -0.25) is 9.78 Å². The molecule has 5 rings (SSSR count). The first kappa shape index (κ1) is 17.6. The number of amides is 1. The number of pyridine rings is 2. The van der Waals surface area contributed by atoms with Crippen molar-refractivity contribution >= 4 is 27.9 Å². The summed E-state index contributed by atoms with van der Waals surface area (Å²) in [7, 11) is 0.